The smallest absolute Gasteiger partial charge is 0.273 e. The minimum absolute atomic E-state index is 0.0779. The third-order valence-electron chi connectivity index (χ3n) is 5.73. The zero-order chi connectivity index (χ0) is 23.4. The van der Waals surface area contributed by atoms with E-state index >= 15 is 0 Å². The van der Waals surface area contributed by atoms with Crippen molar-refractivity contribution in [3.8, 4) is 0 Å². The normalized spacial score (nSPS) is 13.9. The molecule has 2 amide bonds. The van der Waals surface area contributed by atoms with Crippen LogP contribution < -0.4 is 16.2 Å². The summed E-state index contributed by atoms with van der Waals surface area (Å²) >= 11 is 0. The number of anilines is 1. The Balaban J connectivity index is 1.53. The van der Waals surface area contributed by atoms with E-state index in [1.54, 1.807) is 24.3 Å². The monoisotopic (exact) mass is 454 g/mol. The lowest BCUT2D eigenvalue weighted by atomic mass is 10.2. The standard InChI is InChI=1S/C24H24F2N4O3/c25-17-10-9-16(13-18(17)26)28-23(32)14-30-21-8-4-3-7-19(21)29-20(24(30)33)11-12-22(31)27-15-5-1-2-6-15/h3-4,7-10,13,15H,1-2,5-6,11-12,14H2,(H,27,31)(H,28,32). The largest absolute Gasteiger partial charge is 0.353 e. The molecule has 172 valence electrons. The Morgan fingerprint density at radius 3 is 2.55 bits per heavy atom. The maximum Gasteiger partial charge on any atom is 0.273 e. The Bertz CT molecular complexity index is 1250. The molecule has 9 heteroatoms. The van der Waals surface area contributed by atoms with E-state index in [0.717, 1.165) is 37.8 Å². The highest BCUT2D eigenvalue weighted by molar-refractivity contribution is 5.91. The van der Waals surface area contributed by atoms with Crippen molar-refractivity contribution in [1.82, 2.24) is 14.9 Å². The van der Waals surface area contributed by atoms with Gasteiger partial charge in [-0.3, -0.25) is 19.0 Å². The molecule has 1 aliphatic rings. The average molecular weight is 454 g/mol. The molecular formula is C24H24F2N4O3. The van der Waals surface area contributed by atoms with Crippen LogP contribution in [-0.4, -0.2) is 27.4 Å². The summed E-state index contributed by atoms with van der Waals surface area (Å²) in [6, 6.07) is 10.1. The molecule has 1 saturated carbocycles. The van der Waals surface area contributed by atoms with Crippen LogP contribution in [0.5, 0.6) is 0 Å². The van der Waals surface area contributed by atoms with Crippen molar-refractivity contribution in [3.63, 3.8) is 0 Å². The van der Waals surface area contributed by atoms with E-state index in [1.807, 2.05) is 0 Å². The predicted octanol–water partition coefficient (Wildman–Crippen LogP) is 3.30. The number of carbonyl (C=O) groups is 2. The molecule has 2 N–H and O–H groups in total. The van der Waals surface area contributed by atoms with Crippen LogP contribution in [0.15, 0.2) is 47.3 Å². The van der Waals surface area contributed by atoms with Gasteiger partial charge in [0, 0.05) is 30.6 Å². The zero-order valence-corrected chi connectivity index (χ0v) is 17.9. The van der Waals surface area contributed by atoms with E-state index in [2.05, 4.69) is 15.6 Å². The average Bonchev–Trinajstić information content (AvgIpc) is 3.30. The number of aryl methyl sites for hydroxylation is 1. The van der Waals surface area contributed by atoms with Crippen molar-refractivity contribution >= 4 is 28.5 Å². The van der Waals surface area contributed by atoms with Gasteiger partial charge in [0.25, 0.3) is 5.56 Å². The van der Waals surface area contributed by atoms with Crippen molar-refractivity contribution in [3.05, 3.63) is 70.1 Å². The Morgan fingerprint density at radius 2 is 1.79 bits per heavy atom. The number of aromatic nitrogens is 2. The Hall–Kier alpha value is -3.62. The van der Waals surface area contributed by atoms with Gasteiger partial charge in [-0.05, 0) is 37.1 Å². The van der Waals surface area contributed by atoms with Crippen molar-refractivity contribution in [1.29, 1.82) is 0 Å². The van der Waals surface area contributed by atoms with Crippen LogP contribution in [0.25, 0.3) is 11.0 Å². The molecule has 0 spiro atoms. The molecule has 0 bridgehead atoms. The van der Waals surface area contributed by atoms with Gasteiger partial charge >= 0.3 is 0 Å². The highest BCUT2D eigenvalue weighted by Gasteiger charge is 2.19. The number of hydrogen-bond donors (Lipinski definition) is 2. The van der Waals surface area contributed by atoms with E-state index in [1.165, 1.54) is 10.6 Å². The minimum Gasteiger partial charge on any atom is -0.353 e. The van der Waals surface area contributed by atoms with Crippen LogP contribution in [-0.2, 0) is 22.6 Å². The molecule has 1 aromatic heterocycles. The van der Waals surface area contributed by atoms with Crippen LogP contribution in [0.2, 0.25) is 0 Å². The second kappa shape index (κ2) is 9.89. The van der Waals surface area contributed by atoms with E-state index in [9.17, 15) is 23.2 Å². The van der Waals surface area contributed by atoms with E-state index in [4.69, 9.17) is 0 Å². The lowest BCUT2D eigenvalue weighted by molar-refractivity contribution is -0.121. The molecule has 0 radical (unpaired) electrons. The SMILES string of the molecule is O=C(Cn1c(=O)c(CCC(=O)NC2CCCC2)nc2ccccc21)Nc1ccc(F)c(F)c1. The summed E-state index contributed by atoms with van der Waals surface area (Å²) in [5.74, 6) is -2.81. The first-order chi connectivity index (χ1) is 15.9. The molecule has 0 saturated heterocycles. The number of fused-ring (bicyclic) bond motifs is 1. The maximum atomic E-state index is 13.4. The Morgan fingerprint density at radius 1 is 1.03 bits per heavy atom. The summed E-state index contributed by atoms with van der Waals surface area (Å²) < 4.78 is 27.8. The number of rotatable bonds is 7. The molecule has 1 heterocycles. The summed E-state index contributed by atoms with van der Waals surface area (Å²) in [6.07, 6.45) is 4.42. The van der Waals surface area contributed by atoms with Gasteiger partial charge in [-0.1, -0.05) is 25.0 Å². The Kier molecular flexibility index (Phi) is 6.76. The molecule has 33 heavy (non-hydrogen) atoms. The number of amides is 2. The maximum absolute atomic E-state index is 13.4. The van der Waals surface area contributed by atoms with Gasteiger partial charge in [0.1, 0.15) is 12.2 Å². The quantitative estimate of drug-likeness (QED) is 0.573. The third-order valence-corrected chi connectivity index (χ3v) is 5.73. The topological polar surface area (TPSA) is 93.1 Å². The van der Waals surface area contributed by atoms with Gasteiger partial charge in [-0.15, -0.1) is 0 Å². The summed E-state index contributed by atoms with van der Waals surface area (Å²) in [7, 11) is 0. The highest BCUT2D eigenvalue weighted by Crippen LogP contribution is 2.18. The minimum atomic E-state index is -1.09. The predicted molar refractivity (Wildman–Crippen MR) is 120 cm³/mol. The summed E-state index contributed by atoms with van der Waals surface area (Å²) in [6.45, 7) is -0.345. The number of hydrogen-bond acceptors (Lipinski definition) is 4. The second-order valence-electron chi connectivity index (χ2n) is 8.16. The van der Waals surface area contributed by atoms with Crippen molar-refractivity contribution in [2.45, 2.75) is 51.1 Å². The molecule has 1 fully saturated rings. The molecule has 1 aliphatic carbocycles. The number of halogens is 2. The Labute approximate surface area is 188 Å². The van der Waals surface area contributed by atoms with Gasteiger partial charge < -0.3 is 10.6 Å². The van der Waals surface area contributed by atoms with Crippen LogP contribution in [0.3, 0.4) is 0 Å². The van der Waals surface area contributed by atoms with Crippen molar-refractivity contribution in [2.75, 3.05) is 5.32 Å². The first-order valence-corrected chi connectivity index (χ1v) is 10.9. The lowest BCUT2D eigenvalue weighted by Gasteiger charge is -2.14. The third kappa shape index (κ3) is 5.42. The van der Waals surface area contributed by atoms with E-state index < -0.39 is 23.1 Å². The molecule has 0 unspecified atom stereocenters. The molecule has 7 nitrogen and oxygen atoms in total. The van der Waals surface area contributed by atoms with E-state index in [-0.39, 0.29) is 42.7 Å². The molecule has 2 aromatic carbocycles. The summed E-state index contributed by atoms with van der Waals surface area (Å²) in [4.78, 5) is 42.4. The first-order valence-electron chi connectivity index (χ1n) is 10.9. The van der Waals surface area contributed by atoms with Gasteiger partial charge in [-0.25, -0.2) is 13.8 Å². The molecule has 0 aliphatic heterocycles. The zero-order valence-electron chi connectivity index (χ0n) is 17.9. The molecular weight excluding hydrogens is 430 g/mol. The van der Waals surface area contributed by atoms with Crippen LogP contribution >= 0.6 is 0 Å². The molecule has 0 atom stereocenters. The molecule has 4 rings (SSSR count). The van der Waals surface area contributed by atoms with Crippen LogP contribution in [0.4, 0.5) is 14.5 Å². The van der Waals surface area contributed by atoms with E-state index in [0.29, 0.717) is 11.0 Å². The summed E-state index contributed by atoms with van der Waals surface area (Å²) in [5, 5.41) is 5.46. The fourth-order valence-electron chi connectivity index (χ4n) is 4.09. The number of nitrogens with one attached hydrogen (secondary N) is 2. The van der Waals surface area contributed by atoms with Crippen molar-refractivity contribution < 1.29 is 18.4 Å². The number of carbonyl (C=O) groups excluding carboxylic acids is 2. The number of benzene rings is 2. The van der Waals surface area contributed by atoms with Crippen molar-refractivity contribution in [2.24, 2.45) is 0 Å². The number of para-hydroxylation sites is 2. The van der Waals surface area contributed by atoms with Crippen LogP contribution in [0, 0.1) is 11.6 Å². The van der Waals surface area contributed by atoms with Crippen LogP contribution in [0.1, 0.15) is 37.8 Å². The van der Waals surface area contributed by atoms with Gasteiger partial charge in [0.05, 0.1) is 11.0 Å². The second-order valence-corrected chi connectivity index (χ2v) is 8.16. The highest BCUT2D eigenvalue weighted by atomic mass is 19.2. The fourth-order valence-corrected chi connectivity index (χ4v) is 4.09. The lowest BCUT2D eigenvalue weighted by Crippen LogP contribution is -2.34. The molecule has 3 aromatic rings. The fraction of sp³-hybridized carbons (Fsp3) is 0.333. The summed E-state index contributed by atoms with van der Waals surface area (Å²) in [5.41, 5.74) is 0.777. The van der Waals surface area contributed by atoms with Gasteiger partial charge in [-0.2, -0.15) is 0 Å². The number of nitrogens with zero attached hydrogens (tertiary/aromatic N) is 2. The van der Waals surface area contributed by atoms with Gasteiger partial charge in [0.15, 0.2) is 11.6 Å². The van der Waals surface area contributed by atoms with Gasteiger partial charge in [0.2, 0.25) is 11.8 Å². The first kappa shape index (κ1) is 22.6.